The number of anilines is 1. The SMILES string of the molecule is Cc1cc(C)nc(SCc2c(C(=O)Nc3ccc4c(c3)OCCO4)nnn2-c2ccc(Br)cc2)n1. The molecule has 0 saturated heterocycles. The molecule has 0 fully saturated rings. The minimum atomic E-state index is -0.373. The van der Waals surface area contributed by atoms with E-state index in [1.54, 1.807) is 22.9 Å². The highest BCUT2D eigenvalue weighted by Crippen LogP contribution is 2.33. The monoisotopic (exact) mass is 552 g/mol. The lowest BCUT2D eigenvalue weighted by Gasteiger charge is -2.18. The lowest BCUT2D eigenvalue weighted by molar-refractivity contribution is 0.102. The summed E-state index contributed by atoms with van der Waals surface area (Å²) < 4.78 is 13.8. The Morgan fingerprint density at radius 2 is 1.74 bits per heavy atom. The topological polar surface area (TPSA) is 104 Å². The van der Waals surface area contributed by atoms with E-state index in [4.69, 9.17) is 9.47 Å². The minimum absolute atomic E-state index is 0.222. The molecule has 1 amide bonds. The molecule has 3 heterocycles. The van der Waals surface area contributed by atoms with Crippen LogP contribution in [0.15, 0.2) is 58.2 Å². The third-order valence-corrected chi connectivity index (χ3v) is 6.54. The van der Waals surface area contributed by atoms with Gasteiger partial charge in [0.1, 0.15) is 13.2 Å². The normalized spacial score (nSPS) is 12.4. The highest BCUT2D eigenvalue weighted by atomic mass is 79.9. The number of thioether (sulfide) groups is 1. The predicted octanol–water partition coefficient (Wildman–Crippen LogP) is 4.75. The number of fused-ring (bicyclic) bond motifs is 1. The van der Waals surface area contributed by atoms with Crippen LogP contribution >= 0.6 is 27.7 Å². The molecule has 1 aliphatic rings. The van der Waals surface area contributed by atoms with Crippen LogP contribution in [0.3, 0.4) is 0 Å². The van der Waals surface area contributed by atoms with Gasteiger partial charge >= 0.3 is 0 Å². The number of ether oxygens (including phenoxy) is 2. The third-order valence-electron chi connectivity index (χ3n) is 5.15. The fourth-order valence-corrected chi connectivity index (χ4v) is 4.81. The van der Waals surface area contributed by atoms with Gasteiger partial charge in [0.05, 0.1) is 11.4 Å². The van der Waals surface area contributed by atoms with Crippen molar-refractivity contribution in [3.8, 4) is 17.2 Å². The molecule has 11 heteroatoms. The maximum absolute atomic E-state index is 13.3. The molecular weight excluding hydrogens is 532 g/mol. The summed E-state index contributed by atoms with van der Waals surface area (Å²) in [5, 5.41) is 12.0. The van der Waals surface area contributed by atoms with Gasteiger partial charge in [-0.05, 0) is 56.3 Å². The van der Waals surface area contributed by atoms with E-state index in [-0.39, 0.29) is 11.6 Å². The summed E-state index contributed by atoms with van der Waals surface area (Å²) >= 11 is 4.88. The van der Waals surface area contributed by atoms with Crippen LogP contribution in [0.25, 0.3) is 5.69 Å². The number of halogens is 1. The summed E-state index contributed by atoms with van der Waals surface area (Å²) in [6, 6.07) is 14.8. The van der Waals surface area contributed by atoms with Crippen molar-refractivity contribution in [2.75, 3.05) is 18.5 Å². The molecule has 0 radical (unpaired) electrons. The molecule has 178 valence electrons. The first-order valence-corrected chi connectivity index (χ1v) is 12.6. The van der Waals surface area contributed by atoms with Crippen LogP contribution in [-0.4, -0.2) is 44.1 Å². The number of carbonyl (C=O) groups excluding carboxylic acids is 1. The Hall–Kier alpha value is -3.44. The first-order valence-electron chi connectivity index (χ1n) is 10.8. The molecule has 4 aromatic rings. The number of hydrogen-bond acceptors (Lipinski definition) is 8. The average Bonchev–Trinajstić information content (AvgIpc) is 3.26. The maximum atomic E-state index is 13.3. The zero-order valence-electron chi connectivity index (χ0n) is 19.0. The summed E-state index contributed by atoms with van der Waals surface area (Å²) in [5.74, 6) is 1.27. The van der Waals surface area contributed by atoms with E-state index < -0.39 is 0 Å². The highest BCUT2D eigenvalue weighted by Gasteiger charge is 2.22. The Morgan fingerprint density at radius 3 is 2.49 bits per heavy atom. The number of aromatic nitrogens is 5. The fourth-order valence-electron chi connectivity index (χ4n) is 3.60. The molecule has 0 aliphatic carbocycles. The van der Waals surface area contributed by atoms with Crippen molar-refractivity contribution in [2.45, 2.75) is 24.8 Å². The Bertz CT molecular complexity index is 1370. The van der Waals surface area contributed by atoms with Gasteiger partial charge < -0.3 is 14.8 Å². The number of amides is 1. The Morgan fingerprint density at radius 1 is 1.03 bits per heavy atom. The number of nitrogens with one attached hydrogen (secondary N) is 1. The molecule has 2 aromatic carbocycles. The number of hydrogen-bond donors (Lipinski definition) is 1. The fraction of sp³-hybridized carbons (Fsp3) is 0.208. The van der Waals surface area contributed by atoms with Crippen molar-refractivity contribution >= 4 is 39.3 Å². The summed E-state index contributed by atoms with van der Waals surface area (Å²) in [5.41, 5.74) is 3.99. The van der Waals surface area contributed by atoms with E-state index in [1.807, 2.05) is 44.2 Å². The van der Waals surface area contributed by atoms with E-state index in [2.05, 4.69) is 41.5 Å². The molecule has 9 nitrogen and oxygen atoms in total. The number of rotatable bonds is 6. The summed E-state index contributed by atoms with van der Waals surface area (Å²) in [6.45, 7) is 4.83. The molecule has 2 aromatic heterocycles. The lowest BCUT2D eigenvalue weighted by atomic mass is 10.2. The molecule has 1 N–H and O–H groups in total. The third kappa shape index (κ3) is 5.30. The van der Waals surface area contributed by atoms with Crippen LogP contribution in [0.4, 0.5) is 5.69 Å². The molecular formula is C24H21BrN6O3S. The molecule has 0 bridgehead atoms. The van der Waals surface area contributed by atoms with Gasteiger partial charge in [-0.3, -0.25) is 4.79 Å². The molecule has 0 spiro atoms. The largest absolute Gasteiger partial charge is 0.486 e. The Kier molecular flexibility index (Phi) is 6.69. The zero-order chi connectivity index (χ0) is 24.4. The van der Waals surface area contributed by atoms with E-state index >= 15 is 0 Å². The molecule has 0 saturated carbocycles. The van der Waals surface area contributed by atoms with Crippen LogP contribution in [0.2, 0.25) is 0 Å². The molecule has 1 aliphatic heterocycles. The summed E-state index contributed by atoms with van der Waals surface area (Å²) in [4.78, 5) is 22.3. The summed E-state index contributed by atoms with van der Waals surface area (Å²) in [7, 11) is 0. The van der Waals surface area contributed by atoms with Crippen LogP contribution in [0, 0.1) is 13.8 Å². The predicted molar refractivity (Wildman–Crippen MR) is 136 cm³/mol. The van der Waals surface area contributed by atoms with Gasteiger partial charge in [-0.2, -0.15) is 0 Å². The zero-order valence-corrected chi connectivity index (χ0v) is 21.4. The van der Waals surface area contributed by atoms with Crippen molar-refractivity contribution in [1.29, 1.82) is 0 Å². The van der Waals surface area contributed by atoms with Gasteiger partial charge in [-0.1, -0.05) is 32.9 Å². The highest BCUT2D eigenvalue weighted by molar-refractivity contribution is 9.10. The van der Waals surface area contributed by atoms with Gasteiger partial charge in [-0.25, -0.2) is 14.6 Å². The van der Waals surface area contributed by atoms with Crippen molar-refractivity contribution in [1.82, 2.24) is 25.0 Å². The number of benzene rings is 2. The van der Waals surface area contributed by atoms with Crippen LogP contribution in [0.1, 0.15) is 27.6 Å². The van der Waals surface area contributed by atoms with Crippen molar-refractivity contribution in [2.24, 2.45) is 0 Å². The maximum Gasteiger partial charge on any atom is 0.278 e. The van der Waals surface area contributed by atoms with Crippen LogP contribution < -0.4 is 14.8 Å². The van der Waals surface area contributed by atoms with Gasteiger partial charge in [0, 0.05) is 33.4 Å². The standard InChI is InChI=1S/C24H21BrN6O3S/c1-14-11-15(2)27-24(26-14)35-13-19-22(29-30-31(19)18-6-3-16(25)4-7-18)23(32)28-17-5-8-20-21(12-17)34-10-9-33-20/h3-8,11-12H,9-10,13H2,1-2H3,(H,28,32). The second kappa shape index (κ2) is 10.0. The second-order valence-corrected chi connectivity index (χ2v) is 9.67. The summed E-state index contributed by atoms with van der Waals surface area (Å²) in [6.07, 6.45) is 0. The number of carbonyl (C=O) groups is 1. The number of nitrogens with zero attached hydrogens (tertiary/aromatic N) is 5. The van der Waals surface area contributed by atoms with Gasteiger partial charge in [0.15, 0.2) is 22.3 Å². The van der Waals surface area contributed by atoms with E-state index in [1.165, 1.54) is 11.8 Å². The van der Waals surface area contributed by atoms with Gasteiger partial charge in [-0.15, -0.1) is 5.10 Å². The number of aryl methyl sites for hydroxylation is 2. The molecule has 0 atom stereocenters. The van der Waals surface area contributed by atoms with Crippen LogP contribution in [-0.2, 0) is 5.75 Å². The van der Waals surface area contributed by atoms with Gasteiger partial charge in [0.2, 0.25) is 0 Å². The average molecular weight is 553 g/mol. The molecule has 0 unspecified atom stereocenters. The smallest absolute Gasteiger partial charge is 0.278 e. The van der Waals surface area contributed by atoms with E-state index in [0.29, 0.717) is 47.0 Å². The van der Waals surface area contributed by atoms with Crippen molar-refractivity contribution in [3.63, 3.8) is 0 Å². The van der Waals surface area contributed by atoms with E-state index in [0.717, 1.165) is 21.5 Å². The lowest BCUT2D eigenvalue weighted by Crippen LogP contribution is -2.17. The molecule has 5 rings (SSSR count). The second-order valence-electron chi connectivity index (χ2n) is 7.81. The quantitative estimate of drug-likeness (QED) is 0.270. The van der Waals surface area contributed by atoms with Crippen molar-refractivity contribution in [3.05, 3.63) is 75.8 Å². The first-order chi connectivity index (χ1) is 17.0. The minimum Gasteiger partial charge on any atom is -0.486 e. The van der Waals surface area contributed by atoms with Crippen molar-refractivity contribution < 1.29 is 14.3 Å². The first kappa shape index (κ1) is 23.3. The Balaban J connectivity index is 1.45. The Labute approximate surface area is 214 Å². The molecule has 35 heavy (non-hydrogen) atoms. The van der Waals surface area contributed by atoms with E-state index in [9.17, 15) is 4.79 Å². The van der Waals surface area contributed by atoms with Crippen LogP contribution in [0.5, 0.6) is 11.5 Å². The van der Waals surface area contributed by atoms with Gasteiger partial charge in [0.25, 0.3) is 5.91 Å².